The van der Waals surface area contributed by atoms with Crippen LogP contribution in [0.25, 0.3) is 0 Å². The van der Waals surface area contributed by atoms with Crippen LogP contribution in [0.15, 0.2) is 15.2 Å². The summed E-state index contributed by atoms with van der Waals surface area (Å²) in [6.07, 6.45) is 0. The molecule has 0 saturated carbocycles. The molecule has 0 radical (unpaired) electrons. The molecule has 1 heterocycles. The van der Waals surface area contributed by atoms with Gasteiger partial charge in [0, 0.05) is 19.7 Å². The zero-order valence-electron chi connectivity index (χ0n) is 10.7. The first-order chi connectivity index (χ1) is 8.01. The number of nitrogens with zero attached hydrogens (tertiary/aromatic N) is 1. The fourth-order valence-corrected chi connectivity index (χ4v) is 2.74. The summed E-state index contributed by atoms with van der Waals surface area (Å²) in [6, 6.07) is 2.15. The van der Waals surface area contributed by atoms with Gasteiger partial charge in [-0.05, 0) is 53.8 Å². The molecule has 5 heteroatoms. The van der Waals surface area contributed by atoms with Crippen molar-refractivity contribution in [2.24, 2.45) is 5.73 Å². The number of hydrogen-bond acceptors (Lipinski definition) is 4. The standard InChI is InChI=1S/C12H21BrN2OS/c1-4-16-9-12(2,8-14)15(3)6-10-5-11(13)17-7-10/h5,7H,4,6,8-9,14H2,1-3H3. The second kappa shape index (κ2) is 6.85. The first-order valence-corrected chi connectivity index (χ1v) is 7.41. The number of ether oxygens (including phenoxy) is 1. The third kappa shape index (κ3) is 4.34. The molecule has 0 aromatic carbocycles. The number of hydrogen-bond donors (Lipinski definition) is 1. The van der Waals surface area contributed by atoms with Crippen LogP contribution in [0.3, 0.4) is 0 Å². The molecular formula is C12H21BrN2OS. The lowest BCUT2D eigenvalue weighted by Crippen LogP contribution is -2.52. The van der Waals surface area contributed by atoms with E-state index in [1.165, 1.54) is 9.35 Å². The van der Waals surface area contributed by atoms with E-state index in [1.807, 2.05) is 6.92 Å². The lowest BCUT2D eigenvalue weighted by molar-refractivity contribution is 0.0202. The molecule has 1 rings (SSSR count). The highest BCUT2D eigenvalue weighted by Gasteiger charge is 2.28. The smallest absolute Gasteiger partial charge is 0.0701 e. The van der Waals surface area contributed by atoms with Crippen molar-refractivity contribution in [3.63, 3.8) is 0 Å². The van der Waals surface area contributed by atoms with Crippen molar-refractivity contribution < 1.29 is 4.74 Å². The van der Waals surface area contributed by atoms with Gasteiger partial charge in [0.15, 0.2) is 0 Å². The molecule has 0 aliphatic carbocycles. The van der Waals surface area contributed by atoms with Gasteiger partial charge in [0.25, 0.3) is 0 Å². The van der Waals surface area contributed by atoms with E-state index in [9.17, 15) is 0 Å². The summed E-state index contributed by atoms with van der Waals surface area (Å²) < 4.78 is 6.69. The Hall–Kier alpha value is 0.0600. The topological polar surface area (TPSA) is 38.5 Å². The van der Waals surface area contributed by atoms with Gasteiger partial charge in [0.2, 0.25) is 0 Å². The Morgan fingerprint density at radius 1 is 1.59 bits per heavy atom. The Morgan fingerprint density at radius 3 is 2.76 bits per heavy atom. The molecule has 3 nitrogen and oxygen atoms in total. The van der Waals surface area contributed by atoms with Crippen LogP contribution in [-0.4, -0.2) is 37.2 Å². The second-order valence-electron chi connectivity index (χ2n) is 4.45. The molecule has 98 valence electrons. The van der Waals surface area contributed by atoms with E-state index < -0.39 is 0 Å². The summed E-state index contributed by atoms with van der Waals surface area (Å²) in [6.45, 7) is 7.03. The summed E-state index contributed by atoms with van der Waals surface area (Å²) in [5.41, 5.74) is 7.08. The summed E-state index contributed by atoms with van der Waals surface area (Å²) in [5, 5.41) is 2.16. The molecule has 1 atom stereocenters. The summed E-state index contributed by atoms with van der Waals surface area (Å²) in [7, 11) is 2.09. The van der Waals surface area contributed by atoms with Gasteiger partial charge in [-0.2, -0.15) is 0 Å². The van der Waals surface area contributed by atoms with E-state index in [0.717, 1.165) is 13.2 Å². The fourth-order valence-electron chi connectivity index (χ4n) is 1.54. The van der Waals surface area contributed by atoms with E-state index in [4.69, 9.17) is 10.5 Å². The first kappa shape index (κ1) is 15.1. The fraction of sp³-hybridized carbons (Fsp3) is 0.667. The minimum Gasteiger partial charge on any atom is -0.380 e. The minimum atomic E-state index is -0.107. The maximum atomic E-state index is 5.88. The molecule has 0 fully saturated rings. The zero-order valence-corrected chi connectivity index (χ0v) is 13.1. The van der Waals surface area contributed by atoms with Gasteiger partial charge in [-0.25, -0.2) is 0 Å². The molecule has 17 heavy (non-hydrogen) atoms. The minimum absolute atomic E-state index is 0.107. The normalized spacial score (nSPS) is 15.2. The molecular weight excluding hydrogens is 300 g/mol. The van der Waals surface area contributed by atoms with Gasteiger partial charge in [-0.3, -0.25) is 4.90 Å². The van der Waals surface area contributed by atoms with E-state index in [2.05, 4.69) is 46.2 Å². The Balaban J connectivity index is 2.62. The zero-order chi connectivity index (χ0) is 12.9. The first-order valence-electron chi connectivity index (χ1n) is 5.74. The van der Waals surface area contributed by atoms with E-state index in [-0.39, 0.29) is 5.54 Å². The third-order valence-electron chi connectivity index (χ3n) is 3.02. The van der Waals surface area contributed by atoms with Crippen molar-refractivity contribution in [1.29, 1.82) is 0 Å². The van der Waals surface area contributed by atoms with Gasteiger partial charge in [0.05, 0.1) is 15.9 Å². The highest BCUT2D eigenvalue weighted by Crippen LogP contribution is 2.23. The quantitative estimate of drug-likeness (QED) is 0.839. The van der Waals surface area contributed by atoms with Crippen molar-refractivity contribution in [3.05, 3.63) is 20.8 Å². The van der Waals surface area contributed by atoms with E-state index in [1.54, 1.807) is 11.3 Å². The molecule has 0 saturated heterocycles. The Bertz CT molecular complexity index is 345. The lowest BCUT2D eigenvalue weighted by atomic mass is 10.0. The molecule has 1 aromatic rings. The Labute approximate surface area is 116 Å². The van der Waals surface area contributed by atoms with Crippen LogP contribution in [0.4, 0.5) is 0 Å². The average molecular weight is 321 g/mol. The molecule has 0 amide bonds. The Morgan fingerprint density at radius 2 is 2.29 bits per heavy atom. The number of likely N-dealkylation sites (N-methyl/N-ethyl adjacent to an activating group) is 1. The second-order valence-corrected chi connectivity index (χ2v) is 6.74. The van der Waals surface area contributed by atoms with E-state index >= 15 is 0 Å². The van der Waals surface area contributed by atoms with Crippen molar-refractivity contribution in [2.45, 2.75) is 25.9 Å². The summed E-state index contributed by atoms with van der Waals surface area (Å²) in [5.74, 6) is 0. The highest BCUT2D eigenvalue weighted by molar-refractivity contribution is 9.11. The van der Waals surface area contributed by atoms with Crippen LogP contribution in [-0.2, 0) is 11.3 Å². The molecule has 0 aliphatic rings. The number of nitrogens with two attached hydrogens (primary N) is 1. The number of halogens is 1. The maximum absolute atomic E-state index is 5.88. The van der Waals surface area contributed by atoms with Crippen molar-refractivity contribution >= 4 is 27.3 Å². The maximum Gasteiger partial charge on any atom is 0.0701 e. The van der Waals surface area contributed by atoms with Crippen molar-refractivity contribution in [3.8, 4) is 0 Å². The van der Waals surface area contributed by atoms with Crippen molar-refractivity contribution in [2.75, 3.05) is 26.8 Å². The molecule has 0 aliphatic heterocycles. The van der Waals surface area contributed by atoms with Gasteiger partial charge < -0.3 is 10.5 Å². The van der Waals surface area contributed by atoms with Crippen LogP contribution < -0.4 is 5.73 Å². The summed E-state index contributed by atoms with van der Waals surface area (Å²) >= 11 is 5.19. The van der Waals surface area contributed by atoms with Crippen LogP contribution >= 0.6 is 27.3 Å². The van der Waals surface area contributed by atoms with Gasteiger partial charge >= 0.3 is 0 Å². The molecule has 0 bridgehead atoms. The van der Waals surface area contributed by atoms with Crippen molar-refractivity contribution in [1.82, 2.24) is 4.90 Å². The molecule has 0 spiro atoms. The average Bonchev–Trinajstić information content (AvgIpc) is 2.71. The predicted molar refractivity (Wildman–Crippen MR) is 77.4 cm³/mol. The van der Waals surface area contributed by atoms with Crippen LogP contribution in [0.5, 0.6) is 0 Å². The van der Waals surface area contributed by atoms with Gasteiger partial charge in [-0.1, -0.05) is 0 Å². The number of thiophene rings is 1. The molecule has 1 aromatic heterocycles. The summed E-state index contributed by atoms with van der Waals surface area (Å²) in [4.78, 5) is 2.26. The Kier molecular flexibility index (Phi) is 6.09. The third-order valence-corrected chi connectivity index (χ3v) is 4.57. The largest absolute Gasteiger partial charge is 0.380 e. The van der Waals surface area contributed by atoms with Crippen LogP contribution in [0, 0.1) is 0 Å². The van der Waals surface area contributed by atoms with Crippen LogP contribution in [0.1, 0.15) is 19.4 Å². The van der Waals surface area contributed by atoms with Gasteiger partial charge in [-0.15, -0.1) is 11.3 Å². The predicted octanol–water partition coefficient (Wildman–Crippen LogP) is 2.70. The highest BCUT2D eigenvalue weighted by atomic mass is 79.9. The number of rotatable bonds is 7. The monoisotopic (exact) mass is 320 g/mol. The van der Waals surface area contributed by atoms with Gasteiger partial charge in [0.1, 0.15) is 0 Å². The molecule has 2 N–H and O–H groups in total. The van der Waals surface area contributed by atoms with Crippen LogP contribution in [0.2, 0.25) is 0 Å². The van der Waals surface area contributed by atoms with E-state index in [0.29, 0.717) is 13.2 Å². The SMILES string of the molecule is CCOCC(C)(CN)N(C)Cc1csc(Br)c1. The lowest BCUT2D eigenvalue weighted by Gasteiger charge is -2.37. The molecule has 1 unspecified atom stereocenters.